The van der Waals surface area contributed by atoms with Crippen LogP contribution in [0.3, 0.4) is 0 Å². The van der Waals surface area contributed by atoms with Crippen molar-refractivity contribution in [1.82, 2.24) is 25.0 Å². The third-order valence-electron chi connectivity index (χ3n) is 7.01. The second-order valence-corrected chi connectivity index (χ2v) is 11.5. The maximum atomic E-state index is 13.7. The molecule has 11 nitrogen and oxygen atoms in total. The molecule has 1 atom stereocenters. The van der Waals surface area contributed by atoms with Gasteiger partial charge in [-0.2, -0.15) is 5.26 Å². The van der Waals surface area contributed by atoms with Crippen molar-refractivity contribution in [2.24, 2.45) is 0 Å². The molecule has 2 fully saturated rings. The summed E-state index contributed by atoms with van der Waals surface area (Å²) in [6.07, 6.45) is 1.21. The molecule has 1 N–H and O–H groups in total. The van der Waals surface area contributed by atoms with Gasteiger partial charge in [-0.25, -0.2) is 13.6 Å². The van der Waals surface area contributed by atoms with E-state index in [0.29, 0.717) is 36.3 Å². The van der Waals surface area contributed by atoms with Gasteiger partial charge in [0.2, 0.25) is 5.91 Å². The lowest BCUT2D eigenvalue weighted by atomic mass is 10.1. The molecule has 42 heavy (non-hydrogen) atoms. The predicted molar refractivity (Wildman–Crippen MR) is 149 cm³/mol. The minimum atomic E-state index is -3.13. The van der Waals surface area contributed by atoms with Crippen molar-refractivity contribution in [3.63, 3.8) is 0 Å². The molecule has 2 saturated heterocycles. The summed E-state index contributed by atoms with van der Waals surface area (Å²) >= 11 is 0. The number of amides is 3. The van der Waals surface area contributed by atoms with E-state index in [0.717, 1.165) is 31.0 Å². The fourth-order valence-corrected chi connectivity index (χ4v) is 4.92. The average Bonchev–Trinajstić information content (AvgIpc) is 3.27. The fraction of sp³-hybridized carbons (Fsp3) is 0.552. The molecule has 0 saturated carbocycles. The number of halogens is 2. The van der Waals surface area contributed by atoms with Gasteiger partial charge in [0.15, 0.2) is 0 Å². The van der Waals surface area contributed by atoms with Gasteiger partial charge < -0.3 is 24.6 Å². The van der Waals surface area contributed by atoms with Gasteiger partial charge in [0.05, 0.1) is 36.8 Å². The maximum absolute atomic E-state index is 13.7. The highest BCUT2D eigenvalue weighted by Crippen LogP contribution is 2.31. The highest BCUT2D eigenvalue weighted by Gasteiger charge is 2.47. The Morgan fingerprint density at radius 3 is 2.60 bits per heavy atom. The smallest absolute Gasteiger partial charge is 0.410 e. The van der Waals surface area contributed by atoms with Crippen molar-refractivity contribution in [3.8, 4) is 11.8 Å². The molecule has 1 aromatic heterocycles. The minimum absolute atomic E-state index is 0.254. The maximum Gasteiger partial charge on any atom is 0.410 e. The fourth-order valence-electron chi connectivity index (χ4n) is 4.92. The van der Waals surface area contributed by atoms with E-state index in [1.165, 1.54) is 12.3 Å². The second-order valence-electron chi connectivity index (χ2n) is 11.5. The number of nitrogens with zero attached hydrogens (tertiary/aromatic N) is 5. The highest BCUT2D eigenvalue weighted by atomic mass is 19.3. The quantitative estimate of drug-likeness (QED) is 0.468. The number of piperazine rings is 1. The number of alkyl halides is 2. The molecule has 4 rings (SSSR count). The summed E-state index contributed by atoms with van der Waals surface area (Å²) in [4.78, 5) is 46.7. The van der Waals surface area contributed by atoms with Crippen molar-refractivity contribution in [3.05, 3.63) is 36.0 Å². The Labute approximate surface area is 243 Å². The number of likely N-dealkylation sites (tertiary alicyclic amines) is 1. The van der Waals surface area contributed by atoms with Crippen molar-refractivity contribution in [1.29, 1.82) is 5.26 Å². The minimum Gasteiger partial charge on any atom is -0.494 e. The molecular formula is C29H36F2N6O5. The Morgan fingerprint density at radius 2 is 1.90 bits per heavy atom. The number of nitrogens with one attached hydrogen (secondary N) is 1. The monoisotopic (exact) mass is 586 g/mol. The first kappa shape index (κ1) is 30.9. The van der Waals surface area contributed by atoms with Crippen LogP contribution in [0.4, 0.5) is 13.6 Å². The standard InChI is InChI=1S/C29H36F2N6O5/c1-28(2,3)42-27(40)36-12-10-35(11-13-36)9-4-14-41-21-5-6-24-23(15-21)22(7-8-33-24)26(39)34-18-25(38)37-19-29(30,31)16-20(37)17-32/h5-8,15,20H,4,9-14,16,18-19H2,1-3H3,(H,34,39)/t20-/m0/s1. The number of nitriles is 1. The van der Waals surface area contributed by atoms with Crippen LogP contribution in [0.25, 0.3) is 10.9 Å². The Hall–Kier alpha value is -4.05. The molecule has 2 aromatic rings. The van der Waals surface area contributed by atoms with Gasteiger partial charge in [0.25, 0.3) is 11.8 Å². The molecular weight excluding hydrogens is 550 g/mol. The van der Waals surface area contributed by atoms with Crippen LogP contribution in [0.5, 0.6) is 5.75 Å². The van der Waals surface area contributed by atoms with Gasteiger partial charge in [-0.1, -0.05) is 0 Å². The lowest BCUT2D eigenvalue weighted by molar-refractivity contribution is -0.131. The zero-order valence-electron chi connectivity index (χ0n) is 24.1. The third-order valence-corrected chi connectivity index (χ3v) is 7.01. The number of fused-ring (bicyclic) bond motifs is 1. The van der Waals surface area contributed by atoms with Crippen LogP contribution in [0, 0.1) is 11.3 Å². The summed E-state index contributed by atoms with van der Waals surface area (Å²) in [6, 6.07) is 7.18. The normalized spacial score (nSPS) is 18.9. The molecule has 3 amide bonds. The van der Waals surface area contributed by atoms with E-state index < -0.39 is 48.9 Å². The summed E-state index contributed by atoms with van der Waals surface area (Å²) in [5, 5.41) is 12.1. The van der Waals surface area contributed by atoms with E-state index in [4.69, 9.17) is 14.7 Å². The van der Waals surface area contributed by atoms with Gasteiger partial charge in [0, 0.05) is 50.7 Å². The average molecular weight is 587 g/mol. The van der Waals surface area contributed by atoms with Gasteiger partial charge in [-0.05, 0) is 51.5 Å². The zero-order valence-corrected chi connectivity index (χ0v) is 24.1. The lowest BCUT2D eigenvalue weighted by Crippen LogP contribution is -2.50. The van der Waals surface area contributed by atoms with Gasteiger partial charge in [-0.3, -0.25) is 19.5 Å². The molecule has 0 bridgehead atoms. The summed E-state index contributed by atoms with van der Waals surface area (Å²) in [6.45, 7) is 8.13. The van der Waals surface area contributed by atoms with E-state index in [9.17, 15) is 23.2 Å². The number of rotatable bonds is 8. The number of aromatic nitrogens is 1. The first-order valence-corrected chi connectivity index (χ1v) is 13.9. The number of benzene rings is 1. The number of hydrogen-bond acceptors (Lipinski definition) is 8. The van der Waals surface area contributed by atoms with E-state index >= 15 is 0 Å². The van der Waals surface area contributed by atoms with E-state index in [1.807, 2.05) is 20.8 Å². The van der Waals surface area contributed by atoms with Crippen molar-refractivity contribution in [2.75, 3.05) is 52.4 Å². The molecule has 0 spiro atoms. The number of pyridine rings is 1. The first-order chi connectivity index (χ1) is 19.8. The zero-order chi connectivity index (χ0) is 30.5. The molecule has 0 aliphatic carbocycles. The molecule has 2 aliphatic heterocycles. The lowest BCUT2D eigenvalue weighted by Gasteiger charge is -2.35. The van der Waals surface area contributed by atoms with Crippen LogP contribution < -0.4 is 10.1 Å². The third kappa shape index (κ3) is 8.03. The van der Waals surface area contributed by atoms with Gasteiger partial charge in [0.1, 0.15) is 17.4 Å². The Kier molecular flexibility index (Phi) is 9.46. The van der Waals surface area contributed by atoms with Crippen molar-refractivity contribution >= 4 is 28.8 Å². The van der Waals surface area contributed by atoms with Crippen LogP contribution >= 0.6 is 0 Å². The molecule has 226 valence electrons. The van der Waals surface area contributed by atoms with Crippen LogP contribution in [0.1, 0.15) is 44.0 Å². The molecule has 3 heterocycles. The summed E-state index contributed by atoms with van der Waals surface area (Å²) < 4.78 is 38.7. The van der Waals surface area contributed by atoms with Crippen LogP contribution in [0.2, 0.25) is 0 Å². The molecule has 13 heteroatoms. The molecule has 0 radical (unpaired) electrons. The van der Waals surface area contributed by atoms with E-state index in [-0.39, 0.29) is 11.7 Å². The van der Waals surface area contributed by atoms with Gasteiger partial charge >= 0.3 is 6.09 Å². The number of hydrogen-bond donors (Lipinski definition) is 1. The summed E-state index contributed by atoms with van der Waals surface area (Å²) in [7, 11) is 0. The Balaban J connectivity index is 1.26. The van der Waals surface area contributed by atoms with Gasteiger partial charge in [-0.15, -0.1) is 0 Å². The number of ether oxygens (including phenoxy) is 2. The second kappa shape index (κ2) is 12.9. The summed E-state index contributed by atoms with van der Waals surface area (Å²) in [5.74, 6) is -3.90. The first-order valence-electron chi connectivity index (χ1n) is 13.9. The van der Waals surface area contributed by atoms with E-state index in [2.05, 4.69) is 15.2 Å². The topological polar surface area (TPSA) is 128 Å². The predicted octanol–water partition coefficient (Wildman–Crippen LogP) is 3.05. The molecule has 1 aromatic carbocycles. The summed E-state index contributed by atoms with van der Waals surface area (Å²) in [5.41, 5.74) is 0.282. The van der Waals surface area contributed by atoms with E-state index in [1.54, 1.807) is 29.2 Å². The number of carbonyl (C=O) groups is 3. The van der Waals surface area contributed by atoms with Crippen LogP contribution in [-0.2, 0) is 9.53 Å². The van der Waals surface area contributed by atoms with Crippen LogP contribution in [0.15, 0.2) is 30.5 Å². The SMILES string of the molecule is CC(C)(C)OC(=O)N1CCN(CCCOc2ccc3nccc(C(=O)NCC(=O)N4CC(F)(F)C[C@H]4C#N)c3c2)CC1. The Bertz CT molecular complexity index is 1350. The largest absolute Gasteiger partial charge is 0.494 e. The molecule has 0 unspecified atom stereocenters. The van der Waals surface area contributed by atoms with Crippen molar-refractivity contribution < 1.29 is 32.6 Å². The van der Waals surface area contributed by atoms with Crippen LogP contribution in [-0.4, -0.2) is 108 Å². The Morgan fingerprint density at radius 1 is 1.17 bits per heavy atom. The number of carbonyl (C=O) groups excluding carboxylic acids is 3. The molecule has 2 aliphatic rings. The highest BCUT2D eigenvalue weighted by molar-refractivity contribution is 6.07. The van der Waals surface area contributed by atoms with Crippen molar-refractivity contribution in [2.45, 2.75) is 51.2 Å².